The molecule has 0 spiro atoms. The fourth-order valence-electron chi connectivity index (χ4n) is 1.13. The number of thioether (sulfide) groups is 1. The highest BCUT2D eigenvalue weighted by atomic mass is 32.2. The lowest BCUT2D eigenvalue weighted by Gasteiger charge is -2.19. The van der Waals surface area contributed by atoms with Crippen LogP contribution in [-0.4, -0.2) is 17.3 Å². The normalized spacial score (nSPS) is 11.4. The van der Waals surface area contributed by atoms with Crippen LogP contribution in [0.1, 0.15) is 19.4 Å². The zero-order valence-corrected chi connectivity index (χ0v) is 9.39. The minimum atomic E-state index is -0.809. The van der Waals surface area contributed by atoms with Crippen LogP contribution in [0.2, 0.25) is 0 Å². The molecule has 1 N–H and O–H groups in total. The van der Waals surface area contributed by atoms with Gasteiger partial charge >= 0.3 is 5.97 Å². The number of hydrogen-bond acceptors (Lipinski definition) is 2. The first kappa shape index (κ1) is 11.1. The number of carbonyl (C=O) groups is 1. The quantitative estimate of drug-likeness (QED) is 0.779. The average Bonchev–Trinajstić information content (AvgIpc) is 2.17. The second-order valence-corrected chi connectivity index (χ2v) is 4.54. The van der Waals surface area contributed by atoms with Crippen molar-refractivity contribution in [1.82, 2.24) is 0 Å². The van der Waals surface area contributed by atoms with Gasteiger partial charge in [0.05, 0.1) is 5.41 Å². The van der Waals surface area contributed by atoms with E-state index in [2.05, 4.69) is 0 Å². The van der Waals surface area contributed by atoms with Gasteiger partial charge in [-0.1, -0.05) is 12.1 Å². The van der Waals surface area contributed by atoms with Gasteiger partial charge in [0, 0.05) is 4.90 Å². The number of rotatable bonds is 3. The van der Waals surface area contributed by atoms with Crippen LogP contribution in [0.5, 0.6) is 0 Å². The zero-order chi connectivity index (χ0) is 10.8. The number of hydrogen-bond donors (Lipinski definition) is 1. The molecular formula is C11H14O2S. The van der Waals surface area contributed by atoms with Crippen LogP contribution >= 0.6 is 11.8 Å². The molecule has 0 amide bonds. The molecule has 1 aromatic rings. The van der Waals surface area contributed by atoms with Crippen LogP contribution < -0.4 is 0 Å². The maximum absolute atomic E-state index is 11.0. The van der Waals surface area contributed by atoms with Crippen LogP contribution in [0.15, 0.2) is 29.2 Å². The van der Waals surface area contributed by atoms with E-state index in [4.69, 9.17) is 5.11 Å². The van der Waals surface area contributed by atoms with Gasteiger partial charge < -0.3 is 5.11 Å². The summed E-state index contributed by atoms with van der Waals surface area (Å²) in [4.78, 5) is 12.1. The molecule has 0 aliphatic carbocycles. The van der Waals surface area contributed by atoms with Crippen molar-refractivity contribution in [1.29, 1.82) is 0 Å². The molecule has 76 valence electrons. The summed E-state index contributed by atoms with van der Waals surface area (Å²) in [6, 6.07) is 7.65. The molecular weight excluding hydrogens is 196 g/mol. The summed E-state index contributed by atoms with van der Waals surface area (Å²) in [5, 5.41) is 9.02. The van der Waals surface area contributed by atoms with Gasteiger partial charge in [0.2, 0.25) is 0 Å². The molecule has 0 saturated carbocycles. The molecule has 0 heterocycles. The number of aliphatic carboxylic acids is 1. The lowest BCUT2D eigenvalue weighted by Crippen LogP contribution is -2.28. The Labute approximate surface area is 88.3 Å². The Bertz CT molecular complexity index is 328. The second-order valence-electron chi connectivity index (χ2n) is 3.66. The van der Waals surface area contributed by atoms with Crippen molar-refractivity contribution in [3.05, 3.63) is 29.8 Å². The average molecular weight is 210 g/mol. The van der Waals surface area contributed by atoms with E-state index in [0.717, 1.165) is 10.5 Å². The fraction of sp³-hybridized carbons (Fsp3) is 0.364. The predicted molar refractivity (Wildman–Crippen MR) is 58.9 cm³/mol. The second kappa shape index (κ2) is 4.05. The molecule has 0 saturated heterocycles. The van der Waals surface area contributed by atoms with E-state index >= 15 is 0 Å². The van der Waals surface area contributed by atoms with Crippen molar-refractivity contribution < 1.29 is 9.90 Å². The highest BCUT2D eigenvalue weighted by Gasteiger charge is 2.28. The fourth-order valence-corrected chi connectivity index (χ4v) is 1.54. The van der Waals surface area contributed by atoms with Gasteiger partial charge in [-0.3, -0.25) is 4.79 Å². The third kappa shape index (κ3) is 2.10. The zero-order valence-electron chi connectivity index (χ0n) is 8.57. The highest BCUT2D eigenvalue weighted by molar-refractivity contribution is 7.98. The van der Waals surface area contributed by atoms with Gasteiger partial charge in [-0.25, -0.2) is 0 Å². The molecule has 3 heteroatoms. The van der Waals surface area contributed by atoms with E-state index in [9.17, 15) is 4.79 Å². The van der Waals surface area contributed by atoms with Crippen LogP contribution in [0, 0.1) is 0 Å². The molecule has 0 aliphatic heterocycles. The van der Waals surface area contributed by atoms with E-state index in [1.165, 1.54) is 0 Å². The van der Waals surface area contributed by atoms with E-state index < -0.39 is 11.4 Å². The summed E-state index contributed by atoms with van der Waals surface area (Å²) >= 11 is 1.65. The first-order valence-electron chi connectivity index (χ1n) is 4.36. The molecule has 2 nitrogen and oxygen atoms in total. The molecule has 0 fully saturated rings. The molecule has 0 aromatic heterocycles. The molecule has 0 aliphatic rings. The molecule has 0 unspecified atom stereocenters. The van der Waals surface area contributed by atoms with Gasteiger partial charge in [-0.05, 0) is 37.8 Å². The van der Waals surface area contributed by atoms with Gasteiger partial charge in [-0.15, -0.1) is 11.8 Å². The molecule has 0 radical (unpaired) electrons. The largest absolute Gasteiger partial charge is 0.481 e. The van der Waals surface area contributed by atoms with Gasteiger partial charge in [0.15, 0.2) is 0 Å². The summed E-state index contributed by atoms with van der Waals surface area (Å²) in [5.41, 5.74) is 0.0273. The first-order valence-corrected chi connectivity index (χ1v) is 5.59. The Kier molecular flexibility index (Phi) is 3.21. The molecule has 1 rings (SSSR count). The van der Waals surface area contributed by atoms with Crippen LogP contribution in [0.4, 0.5) is 0 Å². The van der Waals surface area contributed by atoms with Crippen LogP contribution in [0.25, 0.3) is 0 Å². The van der Waals surface area contributed by atoms with Gasteiger partial charge in [-0.2, -0.15) is 0 Å². The van der Waals surface area contributed by atoms with E-state index in [-0.39, 0.29) is 0 Å². The minimum Gasteiger partial charge on any atom is -0.481 e. The maximum atomic E-state index is 11.0. The minimum absolute atomic E-state index is 0.797. The van der Waals surface area contributed by atoms with Crippen LogP contribution in [0.3, 0.4) is 0 Å². The molecule has 14 heavy (non-hydrogen) atoms. The Morgan fingerprint density at radius 3 is 2.14 bits per heavy atom. The maximum Gasteiger partial charge on any atom is 0.313 e. The van der Waals surface area contributed by atoms with Gasteiger partial charge in [0.25, 0.3) is 0 Å². The van der Waals surface area contributed by atoms with E-state index in [1.54, 1.807) is 25.6 Å². The number of benzene rings is 1. The lowest BCUT2D eigenvalue weighted by molar-refractivity contribution is -0.142. The summed E-state index contributed by atoms with van der Waals surface area (Å²) in [5.74, 6) is -0.797. The van der Waals surface area contributed by atoms with E-state index in [1.807, 2.05) is 30.5 Å². The summed E-state index contributed by atoms with van der Waals surface area (Å²) in [6.45, 7) is 3.42. The van der Waals surface area contributed by atoms with Crippen molar-refractivity contribution in [2.45, 2.75) is 24.2 Å². The van der Waals surface area contributed by atoms with Crippen molar-refractivity contribution in [3.8, 4) is 0 Å². The third-order valence-electron chi connectivity index (χ3n) is 2.35. The number of carboxylic acid groups (broad SMARTS) is 1. The van der Waals surface area contributed by atoms with Crippen molar-refractivity contribution >= 4 is 17.7 Å². The van der Waals surface area contributed by atoms with E-state index in [0.29, 0.717) is 0 Å². The number of carboxylic acids is 1. The highest BCUT2D eigenvalue weighted by Crippen LogP contribution is 2.25. The lowest BCUT2D eigenvalue weighted by atomic mass is 9.85. The Hall–Kier alpha value is -0.960. The molecule has 0 bridgehead atoms. The standard InChI is InChI=1S/C11H14O2S/c1-11(2,10(12)13)8-4-6-9(14-3)7-5-8/h4-7H,1-3H3,(H,12,13). The molecule has 1 aromatic carbocycles. The van der Waals surface area contributed by atoms with Crippen molar-refractivity contribution in [2.24, 2.45) is 0 Å². The summed E-state index contributed by atoms with van der Waals surface area (Å²) < 4.78 is 0. The Balaban J connectivity index is 3.02. The Morgan fingerprint density at radius 2 is 1.79 bits per heavy atom. The molecule has 0 atom stereocenters. The topological polar surface area (TPSA) is 37.3 Å². The third-order valence-corrected chi connectivity index (χ3v) is 3.09. The van der Waals surface area contributed by atoms with Crippen LogP contribution in [-0.2, 0) is 10.2 Å². The van der Waals surface area contributed by atoms with Crippen molar-refractivity contribution in [2.75, 3.05) is 6.26 Å². The monoisotopic (exact) mass is 210 g/mol. The predicted octanol–water partition coefficient (Wildman–Crippen LogP) is 2.77. The van der Waals surface area contributed by atoms with Gasteiger partial charge in [0.1, 0.15) is 0 Å². The Morgan fingerprint density at radius 1 is 1.29 bits per heavy atom. The summed E-state index contributed by atoms with van der Waals surface area (Å²) in [6.07, 6.45) is 2.00. The summed E-state index contributed by atoms with van der Waals surface area (Å²) in [7, 11) is 0. The first-order chi connectivity index (χ1) is 6.48. The smallest absolute Gasteiger partial charge is 0.313 e. The van der Waals surface area contributed by atoms with Crippen molar-refractivity contribution in [3.63, 3.8) is 0 Å². The SMILES string of the molecule is CSc1ccc(C(C)(C)C(=O)O)cc1.